The number of fused-ring (bicyclic) bond motifs is 4. The fourth-order valence-electron chi connectivity index (χ4n) is 6.03. The van der Waals surface area contributed by atoms with Crippen LogP contribution in [0.5, 0.6) is 0 Å². The van der Waals surface area contributed by atoms with Gasteiger partial charge < -0.3 is 10.4 Å². The zero-order valence-corrected chi connectivity index (χ0v) is 17.1. The van der Waals surface area contributed by atoms with E-state index in [0.29, 0.717) is 28.0 Å². The highest BCUT2D eigenvalue weighted by Gasteiger charge is 2.66. The molecule has 2 N–H and O–H groups in total. The normalized spacial score (nSPS) is 32.4. The van der Waals surface area contributed by atoms with Crippen molar-refractivity contribution in [2.24, 2.45) is 0 Å². The van der Waals surface area contributed by atoms with Crippen LogP contribution < -0.4 is 15.8 Å². The Morgan fingerprint density at radius 2 is 1.84 bits per heavy atom. The molecule has 160 valence electrons. The van der Waals surface area contributed by atoms with Gasteiger partial charge in [-0.05, 0) is 25.1 Å². The van der Waals surface area contributed by atoms with Crippen molar-refractivity contribution >= 4 is 28.4 Å². The largest absolute Gasteiger partial charge is 0.381 e. The van der Waals surface area contributed by atoms with Gasteiger partial charge in [0.05, 0.1) is 22.6 Å². The lowest BCUT2D eigenvalue weighted by Gasteiger charge is -2.48. The van der Waals surface area contributed by atoms with E-state index in [1.54, 1.807) is 41.0 Å². The number of amides is 2. The van der Waals surface area contributed by atoms with Crippen LogP contribution in [0.25, 0.3) is 10.9 Å². The van der Waals surface area contributed by atoms with Crippen molar-refractivity contribution in [3.05, 3.63) is 70.3 Å². The molecule has 0 unspecified atom stereocenters. The molecule has 32 heavy (non-hydrogen) atoms. The number of anilines is 1. The standard InChI is InChI=1S/C23H19N5O4/c1-11-20(30)28-15-9-5-3-7-13(15)23(32)10-16-19(29)25-18(26(11)22(23)28)17-24-14-8-4-2-6-12(14)21(31)27(16)17/h2-9,11,16,18,22,32H,10H2,1H3,(H,25,29)/t11-,16-,18+,22+,23+/m1/s1. The molecule has 2 fully saturated rings. The van der Waals surface area contributed by atoms with Crippen molar-refractivity contribution < 1.29 is 14.7 Å². The summed E-state index contributed by atoms with van der Waals surface area (Å²) in [6, 6.07) is 12.7. The predicted octanol–water partition coefficient (Wildman–Crippen LogP) is 0.734. The molecule has 9 heteroatoms. The average molecular weight is 429 g/mol. The third-order valence-electron chi connectivity index (χ3n) is 7.40. The average Bonchev–Trinajstić information content (AvgIpc) is 3.19. The van der Waals surface area contributed by atoms with Gasteiger partial charge >= 0.3 is 0 Å². The molecule has 0 saturated carbocycles. The van der Waals surface area contributed by atoms with E-state index in [2.05, 4.69) is 5.32 Å². The Bertz CT molecular complexity index is 1430. The molecule has 5 aliphatic heterocycles. The molecule has 0 spiro atoms. The highest BCUT2D eigenvalue weighted by atomic mass is 16.3. The third-order valence-corrected chi connectivity index (χ3v) is 7.40. The maximum absolute atomic E-state index is 13.5. The van der Waals surface area contributed by atoms with E-state index < -0.39 is 30.0 Å². The predicted molar refractivity (Wildman–Crippen MR) is 113 cm³/mol. The molecule has 2 aromatic carbocycles. The maximum atomic E-state index is 13.5. The van der Waals surface area contributed by atoms with Gasteiger partial charge in [0.1, 0.15) is 24.0 Å². The smallest absolute Gasteiger partial charge is 0.262 e. The second-order valence-corrected chi connectivity index (χ2v) is 8.94. The number of hydrogen-bond donors (Lipinski definition) is 2. The molecule has 2 saturated heterocycles. The molecule has 2 bridgehead atoms. The van der Waals surface area contributed by atoms with E-state index in [1.807, 2.05) is 24.3 Å². The number of benzene rings is 2. The van der Waals surface area contributed by atoms with Crippen molar-refractivity contribution in [2.45, 2.75) is 43.4 Å². The Balaban J connectivity index is 1.58. The number of nitrogens with zero attached hydrogens (tertiary/aromatic N) is 4. The summed E-state index contributed by atoms with van der Waals surface area (Å²) in [6.45, 7) is 1.76. The zero-order valence-electron chi connectivity index (χ0n) is 17.1. The second kappa shape index (κ2) is 5.62. The fourth-order valence-corrected chi connectivity index (χ4v) is 6.03. The van der Waals surface area contributed by atoms with E-state index in [1.165, 1.54) is 4.57 Å². The Labute approximate surface area is 181 Å². The minimum Gasteiger partial charge on any atom is -0.381 e. The number of hydrogen-bond acceptors (Lipinski definition) is 6. The first kappa shape index (κ1) is 18.1. The molecule has 2 amide bonds. The van der Waals surface area contributed by atoms with Crippen molar-refractivity contribution in [1.29, 1.82) is 0 Å². The van der Waals surface area contributed by atoms with Crippen LogP contribution in [0.3, 0.4) is 0 Å². The van der Waals surface area contributed by atoms with E-state index in [0.717, 1.165) is 0 Å². The number of aliphatic hydroxyl groups is 1. The van der Waals surface area contributed by atoms with Gasteiger partial charge in [0.25, 0.3) is 5.56 Å². The first-order valence-electron chi connectivity index (χ1n) is 10.7. The lowest BCUT2D eigenvalue weighted by atomic mass is 9.83. The van der Waals surface area contributed by atoms with Gasteiger partial charge in [0.15, 0.2) is 5.82 Å². The van der Waals surface area contributed by atoms with E-state index >= 15 is 0 Å². The molecule has 0 radical (unpaired) electrons. The SMILES string of the molecule is C[C@@H]1C(=O)N2c3ccccc3[C@@]3(O)C[C@@H]4C(=O)N[C@H](c5nc6ccccc6c(=O)n54)N1[C@@H]23. The van der Waals surface area contributed by atoms with E-state index in [4.69, 9.17) is 4.98 Å². The van der Waals surface area contributed by atoms with Crippen LogP contribution in [0.2, 0.25) is 0 Å². The van der Waals surface area contributed by atoms with Crippen LogP contribution in [0.1, 0.15) is 36.9 Å². The Kier molecular flexibility index (Phi) is 3.17. The van der Waals surface area contributed by atoms with Crippen LogP contribution in [0.15, 0.2) is 53.3 Å². The van der Waals surface area contributed by atoms with Gasteiger partial charge in [-0.15, -0.1) is 0 Å². The monoisotopic (exact) mass is 429 g/mol. The molecule has 6 heterocycles. The minimum absolute atomic E-state index is 0.0485. The van der Waals surface area contributed by atoms with Crippen LogP contribution in [0.4, 0.5) is 5.69 Å². The number of aromatic nitrogens is 2. The first-order chi connectivity index (χ1) is 15.4. The summed E-state index contributed by atoms with van der Waals surface area (Å²) in [5, 5.41) is 15.5. The molecule has 0 aliphatic carbocycles. The summed E-state index contributed by atoms with van der Waals surface area (Å²) in [6.07, 6.45) is -1.58. The molecule has 8 rings (SSSR count). The van der Waals surface area contributed by atoms with Crippen LogP contribution in [-0.4, -0.2) is 43.6 Å². The summed E-state index contributed by atoms with van der Waals surface area (Å²) < 4.78 is 1.42. The molecule has 5 atom stereocenters. The van der Waals surface area contributed by atoms with Gasteiger partial charge in [-0.2, -0.15) is 0 Å². The Morgan fingerprint density at radius 3 is 2.69 bits per heavy atom. The fraction of sp³-hybridized carbons (Fsp3) is 0.304. The second-order valence-electron chi connectivity index (χ2n) is 8.94. The number of para-hydroxylation sites is 2. The number of nitrogens with one attached hydrogen (secondary N) is 1. The molecule has 9 nitrogen and oxygen atoms in total. The Morgan fingerprint density at radius 1 is 1.09 bits per heavy atom. The van der Waals surface area contributed by atoms with Crippen molar-refractivity contribution in [3.63, 3.8) is 0 Å². The molecular formula is C23H19N5O4. The van der Waals surface area contributed by atoms with E-state index in [-0.39, 0.29) is 23.8 Å². The number of carbonyl (C=O) groups is 2. The maximum Gasteiger partial charge on any atom is 0.262 e. The zero-order chi connectivity index (χ0) is 21.9. The quantitative estimate of drug-likeness (QED) is 0.546. The first-order valence-corrected chi connectivity index (χ1v) is 10.7. The topological polar surface area (TPSA) is 108 Å². The molecule has 1 aromatic heterocycles. The Hall–Kier alpha value is -3.56. The summed E-state index contributed by atoms with van der Waals surface area (Å²) in [5.41, 5.74) is -0.0647. The van der Waals surface area contributed by atoms with Gasteiger partial charge in [-0.3, -0.25) is 23.9 Å². The number of carbonyl (C=O) groups excluding carboxylic acids is 2. The van der Waals surface area contributed by atoms with Crippen molar-refractivity contribution in [2.75, 3.05) is 4.90 Å². The van der Waals surface area contributed by atoms with Crippen molar-refractivity contribution in [3.8, 4) is 0 Å². The molecular weight excluding hydrogens is 410 g/mol. The van der Waals surface area contributed by atoms with Gasteiger partial charge in [0.2, 0.25) is 11.8 Å². The number of rotatable bonds is 0. The summed E-state index contributed by atoms with van der Waals surface area (Å²) in [7, 11) is 0. The van der Waals surface area contributed by atoms with Crippen LogP contribution in [0, 0.1) is 0 Å². The lowest BCUT2D eigenvalue weighted by Crippen LogP contribution is -2.63. The van der Waals surface area contributed by atoms with Gasteiger partial charge in [0, 0.05) is 12.0 Å². The van der Waals surface area contributed by atoms with E-state index in [9.17, 15) is 19.5 Å². The summed E-state index contributed by atoms with van der Waals surface area (Å²) in [5.74, 6) is -0.137. The molecule has 3 aromatic rings. The van der Waals surface area contributed by atoms with Crippen LogP contribution in [-0.2, 0) is 15.2 Å². The van der Waals surface area contributed by atoms with Crippen LogP contribution >= 0.6 is 0 Å². The lowest BCUT2D eigenvalue weighted by molar-refractivity contribution is -0.144. The van der Waals surface area contributed by atoms with Crippen molar-refractivity contribution in [1.82, 2.24) is 19.8 Å². The summed E-state index contributed by atoms with van der Waals surface area (Å²) >= 11 is 0. The minimum atomic E-state index is -1.51. The van der Waals surface area contributed by atoms with Gasteiger partial charge in [-0.1, -0.05) is 30.3 Å². The summed E-state index contributed by atoms with van der Waals surface area (Å²) in [4.78, 5) is 48.3. The molecule has 5 aliphatic rings. The highest BCUT2D eigenvalue weighted by Crippen LogP contribution is 2.55. The highest BCUT2D eigenvalue weighted by molar-refractivity contribution is 6.03. The van der Waals surface area contributed by atoms with Gasteiger partial charge in [-0.25, -0.2) is 9.88 Å². The third kappa shape index (κ3) is 1.88.